The van der Waals surface area contributed by atoms with Crippen LogP contribution in [0.15, 0.2) is 0 Å². The number of hydrogen-bond acceptors (Lipinski definition) is 3. The first kappa shape index (κ1) is 17.7. The van der Waals surface area contributed by atoms with Gasteiger partial charge in [0.05, 0.1) is 0 Å². The van der Waals surface area contributed by atoms with Gasteiger partial charge in [-0.2, -0.15) is 13.2 Å². The van der Waals surface area contributed by atoms with Gasteiger partial charge in [-0.1, -0.05) is 13.8 Å². The number of ether oxygens (including phenoxy) is 1. The van der Waals surface area contributed by atoms with E-state index in [1.165, 1.54) is 12.8 Å². The molecule has 1 aliphatic rings. The number of nitrogens with zero attached hydrogens (tertiary/aromatic N) is 1. The Hall–Kier alpha value is -0.330. The van der Waals surface area contributed by atoms with Crippen molar-refractivity contribution >= 4 is 0 Å². The Labute approximate surface area is 119 Å². The fourth-order valence-electron chi connectivity index (χ4n) is 2.52. The molecule has 1 saturated heterocycles. The number of rotatable bonds is 9. The summed E-state index contributed by atoms with van der Waals surface area (Å²) in [5.74, 6) is 0.639. The molecule has 1 heterocycles. The Balaban J connectivity index is 2.09. The van der Waals surface area contributed by atoms with Gasteiger partial charge < -0.3 is 10.1 Å². The highest BCUT2D eigenvalue weighted by Crippen LogP contribution is 2.17. The number of nitrogens with one attached hydrogen (secondary N) is 1. The van der Waals surface area contributed by atoms with E-state index >= 15 is 0 Å². The molecule has 0 spiro atoms. The summed E-state index contributed by atoms with van der Waals surface area (Å²) in [6.45, 7) is 7.27. The highest BCUT2D eigenvalue weighted by molar-refractivity contribution is 4.80. The molecule has 0 radical (unpaired) electrons. The van der Waals surface area contributed by atoms with E-state index in [-0.39, 0.29) is 6.61 Å². The van der Waals surface area contributed by atoms with Crippen molar-refractivity contribution in [1.29, 1.82) is 0 Å². The van der Waals surface area contributed by atoms with Gasteiger partial charge in [0.1, 0.15) is 6.61 Å². The minimum absolute atomic E-state index is 0.183. The quantitative estimate of drug-likeness (QED) is 0.662. The molecular formula is C14H27F3N2O. The number of hydrogen-bond donors (Lipinski definition) is 1. The fourth-order valence-corrected chi connectivity index (χ4v) is 2.52. The number of halogens is 3. The van der Waals surface area contributed by atoms with Crippen LogP contribution in [0.1, 0.15) is 33.1 Å². The van der Waals surface area contributed by atoms with Crippen LogP contribution in [0.3, 0.4) is 0 Å². The molecule has 0 aromatic rings. The minimum Gasteiger partial charge on any atom is -0.372 e. The van der Waals surface area contributed by atoms with Crippen molar-refractivity contribution in [3.8, 4) is 0 Å². The molecule has 0 amide bonds. The zero-order valence-corrected chi connectivity index (χ0v) is 12.5. The predicted molar refractivity (Wildman–Crippen MR) is 73.8 cm³/mol. The van der Waals surface area contributed by atoms with Gasteiger partial charge >= 0.3 is 6.18 Å². The van der Waals surface area contributed by atoms with Crippen LogP contribution in [0.25, 0.3) is 0 Å². The number of likely N-dealkylation sites (tertiary alicyclic amines) is 1. The molecule has 1 atom stereocenters. The first-order valence-electron chi connectivity index (χ1n) is 7.48. The van der Waals surface area contributed by atoms with Crippen molar-refractivity contribution in [1.82, 2.24) is 10.2 Å². The molecule has 0 saturated carbocycles. The third kappa shape index (κ3) is 8.07. The van der Waals surface area contributed by atoms with Gasteiger partial charge in [0.2, 0.25) is 0 Å². The third-order valence-electron chi connectivity index (χ3n) is 3.43. The average molecular weight is 296 g/mol. The molecular weight excluding hydrogens is 269 g/mol. The monoisotopic (exact) mass is 296 g/mol. The van der Waals surface area contributed by atoms with E-state index in [0.717, 1.165) is 26.2 Å². The molecule has 0 bridgehead atoms. The second-order valence-corrected chi connectivity index (χ2v) is 5.91. The third-order valence-corrected chi connectivity index (χ3v) is 3.43. The molecule has 0 aliphatic carbocycles. The maximum atomic E-state index is 11.9. The molecule has 0 aromatic heterocycles. The van der Waals surface area contributed by atoms with E-state index in [4.69, 9.17) is 0 Å². The lowest BCUT2D eigenvalue weighted by Crippen LogP contribution is -2.39. The van der Waals surface area contributed by atoms with Crippen LogP contribution in [0.5, 0.6) is 0 Å². The molecule has 1 fully saturated rings. The molecule has 1 aliphatic heterocycles. The molecule has 3 nitrogen and oxygen atoms in total. The average Bonchev–Trinajstić information content (AvgIpc) is 2.74. The van der Waals surface area contributed by atoms with E-state index < -0.39 is 12.8 Å². The van der Waals surface area contributed by atoms with Crippen LogP contribution in [-0.4, -0.2) is 56.5 Å². The molecule has 1 unspecified atom stereocenters. The van der Waals surface area contributed by atoms with Crippen molar-refractivity contribution in [3.05, 3.63) is 0 Å². The molecule has 1 rings (SSSR count). The van der Waals surface area contributed by atoms with E-state index in [9.17, 15) is 13.2 Å². The van der Waals surface area contributed by atoms with Crippen LogP contribution in [0, 0.1) is 5.92 Å². The van der Waals surface area contributed by atoms with Gasteiger partial charge in [0.15, 0.2) is 0 Å². The van der Waals surface area contributed by atoms with Crippen LogP contribution in [0.4, 0.5) is 13.2 Å². The summed E-state index contributed by atoms with van der Waals surface area (Å²) < 4.78 is 40.4. The van der Waals surface area contributed by atoms with Crippen molar-refractivity contribution < 1.29 is 17.9 Å². The van der Waals surface area contributed by atoms with Crippen LogP contribution in [0.2, 0.25) is 0 Å². The zero-order valence-electron chi connectivity index (χ0n) is 12.5. The molecule has 120 valence electrons. The van der Waals surface area contributed by atoms with Crippen molar-refractivity contribution in [2.45, 2.75) is 45.3 Å². The Kier molecular flexibility index (Phi) is 7.84. The van der Waals surface area contributed by atoms with Crippen LogP contribution in [-0.2, 0) is 4.74 Å². The maximum Gasteiger partial charge on any atom is 0.411 e. The van der Waals surface area contributed by atoms with Gasteiger partial charge in [-0.15, -0.1) is 0 Å². The van der Waals surface area contributed by atoms with E-state index in [1.807, 2.05) is 0 Å². The second kappa shape index (κ2) is 8.85. The summed E-state index contributed by atoms with van der Waals surface area (Å²) in [4.78, 5) is 2.37. The number of alkyl halides is 3. The highest BCUT2D eigenvalue weighted by atomic mass is 19.4. The van der Waals surface area contributed by atoms with E-state index in [0.29, 0.717) is 18.4 Å². The highest BCUT2D eigenvalue weighted by Gasteiger charge is 2.27. The van der Waals surface area contributed by atoms with Gasteiger partial charge in [-0.25, -0.2) is 0 Å². The lowest BCUT2D eigenvalue weighted by molar-refractivity contribution is -0.174. The first-order valence-corrected chi connectivity index (χ1v) is 7.48. The predicted octanol–water partition coefficient (Wildman–Crippen LogP) is 2.67. The summed E-state index contributed by atoms with van der Waals surface area (Å²) in [7, 11) is 0. The Bertz CT molecular complexity index is 259. The summed E-state index contributed by atoms with van der Waals surface area (Å²) in [5.41, 5.74) is 0. The Morgan fingerprint density at radius 1 is 1.35 bits per heavy atom. The Morgan fingerprint density at radius 2 is 2.10 bits per heavy atom. The zero-order chi connectivity index (χ0) is 15.0. The van der Waals surface area contributed by atoms with Gasteiger partial charge in [0.25, 0.3) is 0 Å². The summed E-state index contributed by atoms with van der Waals surface area (Å²) in [5, 5.41) is 3.46. The fraction of sp³-hybridized carbons (Fsp3) is 1.00. The lowest BCUT2D eigenvalue weighted by atomic mass is 10.2. The normalized spacial score (nSPS) is 21.0. The maximum absolute atomic E-state index is 11.9. The smallest absolute Gasteiger partial charge is 0.372 e. The summed E-state index contributed by atoms with van der Waals surface area (Å²) >= 11 is 0. The van der Waals surface area contributed by atoms with E-state index in [2.05, 4.69) is 28.8 Å². The molecule has 6 heteroatoms. The molecule has 0 aromatic carbocycles. The summed E-state index contributed by atoms with van der Waals surface area (Å²) in [6, 6.07) is 0.524. The first-order chi connectivity index (χ1) is 9.38. The van der Waals surface area contributed by atoms with Gasteiger partial charge in [-0.05, 0) is 38.3 Å². The van der Waals surface area contributed by atoms with Gasteiger partial charge in [0, 0.05) is 25.7 Å². The van der Waals surface area contributed by atoms with Crippen molar-refractivity contribution in [3.63, 3.8) is 0 Å². The topological polar surface area (TPSA) is 24.5 Å². The molecule has 20 heavy (non-hydrogen) atoms. The lowest BCUT2D eigenvalue weighted by Gasteiger charge is -2.25. The molecule has 1 N–H and O–H groups in total. The Morgan fingerprint density at radius 3 is 2.75 bits per heavy atom. The van der Waals surface area contributed by atoms with Crippen molar-refractivity contribution in [2.75, 3.05) is 39.4 Å². The van der Waals surface area contributed by atoms with Crippen LogP contribution < -0.4 is 5.32 Å². The van der Waals surface area contributed by atoms with Crippen LogP contribution >= 0.6 is 0 Å². The SMILES string of the molecule is CC(C)CNCC1CCCN1CCCOCC(F)(F)F. The second-order valence-electron chi connectivity index (χ2n) is 5.91. The largest absolute Gasteiger partial charge is 0.411 e. The standard InChI is InChI=1S/C14H27F3N2O/c1-12(2)9-18-10-13-5-3-6-19(13)7-4-8-20-11-14(15,16)17/h12-13,18H,3-11H2,1-2H3. The van der Waals surface area contributed by atoms with E-state index in [1.54, 1.807) is 0 Å². The minimum atomic E-state index is -4.21. The summed E-state index contributed by atoms with van der Waals surface area (Å²) in [6.07, 6.45) is -1.19. The van der Waals surface area contributed by atoms with Crippen molar-refractivity contribution in [2.24, 2.45) is 5.92 Å². The van der Waals surface area contributed by atoms with Gasteiger partial charge in [-0.3, -0.25) is 4.90 Å².